The van der Waals surface area contributed by atoms with Crippen molar-refractivity contribution in [3.8, 4) is 0 Å². The molecule has 3 aromatic rings. The number of para-hydroxylation sites is 1. The second-order valence-corrected chi connectivity index (χ2v) is 7.19. The first kappa shape index (κ1) is 17.8. The van der Waals surface area contributed by atoms with E-state index in [1.807, 2.05) is 24.3 Å². The summed E-state index contributed by atoms with van der Waals surface area (Å²) in [7, 11) is 0. The van der Waals surface area contributed by atoms with Crippen molar-refractivity contribution >= 4 is 39.8 Å². The van der Waals surface area contributed by atoms with E-state index in [0.29, 0.717) is 17.7 Å². The Bertz CT molecular complexity index is 872. The third-order valence-corrected chi connectivity index (χ3v) is 4.77. The molecule has 0 unspecified atom stereocenters. The van der Waals surface area contributed by atoms with Crippen LogP contribution in [-0.4, -0.2) is 22.7 Å². The predicted octanol–water partition coefficient (Wildman–Crippen LogP) is 4.83. The van der Waals surface area contributed by atoms with Crippen LogP contribution in [0.15, 0.2) is 54.7 Å². The van der Waals surface area contributed by atoms with Gasteiger partial charge in [0.2, 0.25) is 0 Å². The van der Waals surface area contributed by atoms with Gasteiger partial charge in [0.25, 0.3) is 0 Å². The molecule has 130 valence electrons. The highest BCUT2D eigenvalue weighted by atomic mass is 35.5. The number of hydrogen-bond acceptors (Lipinski definition) is 1. The number of nitrogens with one attached hydrogen (secondary N) is 3. The second kappa shape index (κ2) is 7.89. The summed E-state index contributed by atoms with van der Waals surface area (Å²) < 4.78 is 0. The lowest BCUT2D eigenvalue weighted by atomic mass is 9.91. The molecule has 0 saturated carbocycles. The van der Waals surface area contributed by atoms with Crippen LogP contribution in [0.25, 0.3) is 10.9 Å². The normalized spacial score (nSPS) is 12.3. The number of thiocarbonyl (C=S) groups is 1. The minimum absolute atomic E-state index is 0.0942. The van der Waals surface area contributed by atoms with Crippen LogP contribution in [0.2, 0.25) is 5.02 Å². The summed E-state index contributed by atoms with van der Waals surface area (Å²) in [5.74, 6) is 0.0942. The Balaban J connectivity index is 1.95. The van der Waals surface area contributed by atoms with Crippen molar-refractivity contribution in [3.05, 3.63) is 70.9 Å². The molecule has 3 rings (SSSR count). The zero-order valence-corrected chi connectivity index (χ0v) is 15.9. The lowest BCUT2D eigenvalue weighted by Gasteiger charge is -2.21. The van der Waals surface area contributed by atoms with E-state index in [9.17, 15) is 0 Å². The number of hydrogen-bond donors (Lipinski definition) is 3. The number of benzene rings is 2. The summed E-state index contributed by atoms with van der Waals surface area (Å²) in [6, 6.07) is 16.6. The van der Waals surface area contributed by atoms with E-state index in [0.717, 1.165) is 16.1 Å². The summed E-state index contributed by atoms with van der Waals surface area (Å²) in [5.41, 5.74) is 3.43. The summed E-state index contributed by atoms with van der Waals surface area (Å²) in [4.78, 5) is 3.36. The standard InChI is InChI=1S/C20H22ClN3S/c1-13(2)24-20(25)23-12-16(14-7-3-5-9-18(14)21)17-11-22-19-10-6-4-8-15(17)19/h3-11,13,16,22H,12H2,1-2H3,(H2,23,24,25)/t16-/m0/s1. The van der Waals surface area contributed by atoms with Gasteiger partial charge in [-0.15, -0.1) is 0 Å². The van der Waals surface area contributed by atoms with Gasteiger partial charge in [-0.25, -0.2) is 0 Å². The molecule has 0 spiro atoms. The van der Waals surface area contributed by atoms with Crippen LogP contribution in [0.5, 0.6) is 0 Å². The quantitative estimate of drug-likeness (QED) is 0.563. The van der Waals surface area contributed by atoms with Gasteiger partial charge in [0, 0.05) is 40.6 Å². The fourth-order valence-electron chi connectivity index (χ4n) is 3.04. The van der Waals surface area contributed by atoms with Crippen LogP contribution in [0.1, 0.15) is 30.9 Å². The maximum Gasteiger partial charge on any atom is 0.166 e. The van der Waals surface area contributed by atoms with E-state index < -0.39 is 0 Å². The molecule has 0 fully saturated rings. The number of fused-ring (bicyclic) bond motifs is 1. The Labute approximate surface area is 158 Å². The van der Waals surface area contributed by atoms with E-state index in [1.54, 1.807) is 0 Å². The Kier molecular flexibility index (Phi) is 5.61. The third-order valence-electron chi connectivity index (χ3n) is 4.16. The molecular formula is C20H22ClN3S. The number of aromatic amines is 1. The summed E-state index contributed by atoms with van der Waals surface area (Å²) in [6.45, 7) is 4.81. The zero-order chi connectivity index (χ0) is 17.8. The molecule has 2 aromatic carbocycles. The Morgan fingerprint density at radius 3 is 2.56 bits per heavy atom. The van der Waals surface area contributed by atoms with E-state index >= 15 is 0 Å². The van der Waals surface area contributed by atoms with Gasteiger partial charge in [0.15, 0.2) is 5.11 Å². The number of halogens is 1. The SMILES string of the molecule is CC(C)NC(=S)NC[C@@H](c1ccccc1Cl)c1c[nH]c2ccccc12. The topological polar surface area (TPSA) is 39.8 Å². The van der Waals surface area contributed by atoms with Crippen LogP contribution in [-0.2, 0) is 0 Å². The van der Waals surface area contributed by atoms with Gasteiger partial charge in [-0.2, -0.15) is 0 Å². The van der Waals surface area contributed by atoms with Crippen LogP contribution in [0.4, 0.5) is 0 Å². The van der Waals surface area contributed by atoms with Crippen molar-refractivity contribution in [2.75, 3.05) is 6.54 Å². The molecule has 0 radical (unpaired) electrons. The van der Waals surface area contributed by atoms with Gasteiger partial charge in [0.1, 0.15) is 0 Å². The summed E-state index contributed by atoms with van der Waals surface area (Å²) in [6.07, 6.45) is 2.07. The molecule has 0 bridgehead atoms. The molecular weight excluding hydrogens is 350 g/mol. The number of aromatic nitrogens is 1. The Morgan fingerprint density at radius 1 is 1.08 bits per heavy atom. The van der Waals surface area contributed by atoms with Crippen molar-refractivity contribution in [1.82, 2.24) is 15.6 Å². The number of rotatable bonds is 5. The Hall–Kier alpha value is -2.04. The van der Waals surface area contributed by atoms with Crippen LogP contribution >= 0.6 is 23.8 Å². The molecule has 0 saturated heterocycles. The highest BCUT2D eigenvalue weighted by molar-refractivity contribution is 7.80. The fraction of sp³-hybridized carbons (Fsp3) is 0.250. The van der Waals surface area contributed by atoms with Gasteiger partial charge < -0.3 is 15.6 Å². The smallest absolute Gasteiger partial charge is 0.166 e. The monoisotopic (exact) mass is 371 g/mol. The molecule has 3 nitrogen and oxygen atoms in total. The van der Waals surface area contributed by atoms with Crippen molar-refractivity contribution in [3.63, 3.8) is 0 Å². The highest BCUT2D eigenvalue weighted by Gasteiger charge is 2.20. The van der Waals surface area contributed by atoms with Gasteiger partial charge in [-0.3, -0.25) is 0 Å². The lowest BCUT2D eigenvalue weighted by molar-refractivity contribution is 0.693. The first-order valence-electron chi connectivity index (χ1n) is 8.41. The maximum atomic E-state index is 6.50. The lowest BCUT2D eigenvalue weighted by Crippen LogP contribution is -2.41. The maximum absolute atomic E-state index is 6.50. The molecule has 3 N–H and O–H groups in total. The fourth-order valence-corrected chi connectivity index (χ4v) is 3.62. The molecule has 0 aliphatic carbocycles. The average molecular weight is 372 g/mol. The van der Waals surface area contributed by atoms with Crippen LogP contribution in [0, 0.1) is 0 Å². The van der Waals surface area contributed by atoms with Crippen molar-refractivity contribution in [2.45, 2.75) is 25.8 Å². The zero-order valence-electron chi connectivity index (χ0n) is 14.3. The minimum atomic E-state index is 0.0942. The molecule has 0 aliphatic heterocycles. The Morgan fingerprint density at radius 2 is 1.80 bits per heavy atom. The van der Waals surface area contributed by atoms with Gasteiger partial charge in [-0.05, 0) is 49.3 Å². The largest absolute Gasteiger partial charge is 0.362 e. The van der Waals surface area contributed by atoms with Crippen molar-refractivity contribution in [2.24, 2.45) is 0 Å². The highest BCUT2D eigenvalue weighted by Crippen LogP contribution is 2.33. The molecule has 5 heteroatoms. The molecule has 0 amide bonds. The average Bonchev–Trinajstić information content (AvgIpc) is 3.00. The third kappa shape index (κ3) is 4.14. The first-order chi connectivity index (χ1) is 12.1. The van der Waals surface area contributed by atoms with E-state index in [2.05, 4.69) is 59.9 Å². The van der Waals surface area contributed by atoms with Gasteiger partial charge >= 0.3 is 0 Å². The van der Waals surface area contributed by atoms with E-state index in [4.69, 9.17) is 23.8 Å². The molecule has 1 aromatic heterocycles. The molecule has 1 atom stereocenters. The van der Waals surface area contributed by atoms with Crippen LogP contribution in [0.3, 0.4) is 0 Å². The van der Waals surface area contributed by atoms with Crippen LogP contribution < -0.4 is 10.6 Å². The minimum Gasteiger partial charge on any atom is -0.362 e. The second-order valence-electron chi connectivity index (χ2n) is 6.37. The van der Waals surface area contributed by atoms with Crippen molar-refractivity contribution in [1.29, 1.82) is 0 Å². The van der Waals surface area contributed by atoms with E-state index in [-0.39, 0.29) is 5.92 Å². The van der Waals surface area contributed by atoms with E-state index in [1.165, 1.54) is 10.9 Å². The van der Waals surface area contributed by atoms with Crippen molar-refractivity contribution < 1.29 is 0 Å². The van der Waals surface area contributed by atoms with Gasteiger partial charge in [0.05, 0.1) is 0 Å². The predicted molar refractivity (Wildman–Crippen MR) is 110 cm³/mol. The number of H-pyrrole nitrogens is 1. The first-order valence-corrected chi connectivity index (χ1v) is 9.19. The summed E-state index contributed by atoms with van der Waals surface area (Å²) >= 11 is 11.9. The summed E-state index contributed by atoms with van der Waals surface area (Å²) in [5, 5.41) is 9.20. The molecule has 1 heterocycles. The molecule has 25 heavy (non-hydrogen) atoms. The molecule has 0 aliphatic rings. The van der Waals surface area contributed by atoms with Gasteiger partial charge in [-0.1, -0.05) is 48.0 Å².